The molecule has 1 aromatic rings. The first kappa shape index (κ1) is 31.5. The van der Waals surface area contributed by atoms with Crippen LogP contribution in [0.4, 0.5) is 5.69 Å². The number of rotatable bonds is 22. The highest BCUT2D eigenvalue weighted by Gasteiger charge is 2.27. The number of nitrogens with zero attached hydrogens (tertiary/aromatic N) is 1. The average molecular weight is 466 g/mol. The normalized spacial score (nSPS) is 11.5. The Kier molecular flexibility index (Phi) is 21.9. The molecule has 0 saturated carbocycles. The molecule has 2 heteroatoms. The molecule has 0 aromatic heterocycles. The molecule has 0 saturated heterocycles. The van der Waals surface area contributed by atoms with Gasteiger partial charge in [-0.2, -0.15) is 0 Å². The van der Waals surface area contributed by atoms with Crippen molar-refractivity contribution in [3.63, 3.8) is 0 Å². The summed E-state index contributed by atoms with van der Waals surface area (Å²) in [6.45, 7) is 10.9. The van der Waals surface area contributed by atoms with Crippen molar-refractivity contribution in [3.05, 3.63) is 30.3 Å². The van der Waals surface area contributed by atoms with E-state index in [9.17, 15) is 0 Å². The number of halogens is 1. The predicted molar refractivity (Wildman–Crippen MR) is 143 cm³/mol. The van der Waals surface area contributed by atoms with Gasteiger partial charge in [-0.3, -0.25) is 4.48 Å². The molecule has 0 unspecified atom stereocenters. The maximum atomic E-state index is 2.36. The lowest BCUT2D eigenvalue weighted by Crippen LogP contribution is -3.00. The van der Waals surface area contributed by atoms with E-state index in [1.807, 2.05) is 0 Å². The quantitative estimate of drug-likeness (QED) is 0.127. The van der Waals surface area contributed by atoms with Crippen LogP contribution in [0.2, 0.25) is 0 Å². The van der Waals surface area contributed by atoms with Crippen molar-refractivity contribution in [3.8, 4) is 0 Å². The van der Waals surface area contributed by atoms with E-state index in [1.165, 1.54) is 145 Å². The Bertz CT molecular complexity index is 481. The third kappa shape index (κ3) is 14.6. The van der Waals surface area contributed by atoms with Gasteiger partial charge in [0.15, 0.2) is 0 Å². The number of benzene rings is 1. The van der Waals surface area contributed by atoms with Crippen LogP contribution in [-0.2, 0) is 0 Å². The van der Waals surface area contributed by atoms with Gasteiger partial charge < -0.3 is 12.4 Å². The van der Waals surface area contributed by atoms with E-state index in [0.29, 0.717) is 0 Å². The lowest BCUT2D eigenvalue weighted by atomic mass is 10.0. The predicted octanol–water partition coefficient (Wildman–Crippen LogP) is 7.08. The van der Waals surface area contributed by atoms with Gasteiger partial charge in [0.25, 0.3) is 0 Å². The van der Waals surface area contributed by atoms with Gasteiger partial charge in [-0.25, -0.2) is 0 Å². The van der Waals surface area contributed by atoms with Crippen molar-refractivity contribution in [2.45, 2.75) is 136 Å². The van der Waals surface area contributed by atoms with E-state index in [4.69, 9.17) is 0 Å². The van der Waals surface area contributed by atoms with Gasteiger partial charge in [0.05, 0.1) is 19.6 Å². The third-order valence-electron chi connectivity index (χ3n) is 7.05. The summed E-state index contributed by atoms with van der Waals surface area (Å²) >= 11 is 0. The Balaban J connectivity index is 0.00000961. The van der Waals surface area contributed by atoms with Crippen LogP contribution in [0.5, 0.6) is 0 Å². The van der Waals surface area contributed by atoms with Crippen LogP contribution in [0.3, 0.4) is 0 Å². The van der Waals surface area contributed by atoms with Crippen LogP contribution < -0.4 is 16.9 Å². The Morgan fingerprint density at radius 2 is 0.812 bits per heavy atom. The van der Waals surface area contributed by atoms with Crippen LogP contribution in [0.1, 0.15) is 136 Å². The first-order valence-electron chi connectivity index (χ1n) is 14.2. The van der Waals surface area contributed by atoms with Crippen molar-refractivity contribution >= 4 is 5.69 Å². The number of para-hydroxylation sites is 1. The highest BCUT2D eigenvalue weighted by atomic mass is 35.5. The van der Waals surface area contributed by atoms with E-state index >= 15 is 0 Å². The van der Waals surface area contributed by atoms with Gasteiger partial charge in [-0.05, 0) is 37.8 Å². The minimum absolute atomic E-state index is 0. The largest absolute Gasteiger partial charge is 1.00 e. The highest BCUT2D eigenvalue weighted by Crippen LogP contribution is 2.25. The maximum Gasteiger partial charge on any atom is 0.132 e. The number of hydrogen-bond acceptors (Lipinski definition) is 0. The molecule has 188 valence electrons. The topological polar surface area (TPSA) is 0 Å². The molecule has 0 N–H and O–H groups in total. The first-order valence-corrected chi connectivity index (χ1v) is 14.2. The van der Waals surface area contributed by atoms with E-state index in [1.54, 1.807) is 0 Å². The third-order valence-corrected chi connectivity index (χ3v) is 7.05. The molecule has 0 fully saturated rings. The lowest BCUT2D eigenvalue weighted by Gasteiger charge is -2.38. The molecule has 32 heavy (non-hydrogen) atoms. The molecule has 0 amide bonds. The van der Waals surface area contributed by atoms with Crippen molar-refractivity contribution in [2.75, 3.05) is 19.6 Å². The van der Waals surface area contributed by atoms with Gasteiger partial charge in [-0.15, -0.1) is 0 Å². The van der Waals surface area contributed by atoms with E-state index < -0.39 is 0 Å². The Hall–Kier alpha value is -0.530. The minimum Gasteiger partial charge on any atom is -1.00 e. The number of unbranched alkanes of at least 4 members (excludes halogenated alkanes) is 15. The van der Waals surface area contributed by atoms with Crippen molar-refractivity contribution < 1.29 is 12.4 Å². The van der Waals surface area contributed by atoms with E-state index in [-0.39, 0.29) is 12.4 Å². The molecule has 0 aliphatic carbocycles. The molecular formula is C30H56ClN. The SMILES string of the molecule is CCCCCCCCCCCCCCCCCC[N+](CCC)(CCC)c1ccccc1.[Cl-]. The second-order valence-electron chi connectivity index (χ2n) is 9.95. The fourth-order valence-electron chi connectivity index (χ4n) is 5.29. The fourth-order valence-corrected chi connectivity index (χ4v) is 5.29. The van der Waals surface area contributed by atoms with Crippen molar-refractivity contribution in [2.24, 2.45) is 0 Å². The standard InChI is InChI=1S/C30H56N.ClH/c1-4-7-8-9-10-11-12-13-14-15-16-17-18-19-20-24-29-31(27-5-2,28-6-3)30-25-22-21-23-26-30;/h21-23,25-26H,4-20,24,27-29H2,1-3H3;1H/q+1;/p-1. The molecule has 1 nitrogen and oxygen atoms in total. The van der Waals surface area contributed by atoms with Gasteiger partial charge >= 0.3 is 0 Å². The van der Waals surface area contributed by atoms with Crippen molar-refractivity contribution in [1.82, 2.24) is 4.48 Å². The average Bonchev–Trinajstić information content (AvgIpc) is 2.79. The van der Waals surface area contributed by atoms with Gasteiger partial charge in [0, 0.05) is 0 Å². The van der Waals surface area contributed by atoms with Gasteiger partial charge in [0.2, 0.25) is 0 Å². The molecule has 0 bridgehead atoms. The summed E-state index contributed by atoms with van der Waals surface area (Å²) in [6, 6.07) is 11.3. The first-order chi connectivity index (χ1) is 15.3. The fraction of sp³-hybridized carbons (Fsp3) is 0.800. The second kappa shape index (κ2) is 22.3. The Morgan fingerprint density at radius 1 is 0.438 bits per heavy atom. The van der Waals surface area contributed by atoms with Crippen LogP contribution in [-0.4, -0.2) is 19.6 Å². The second-order valence-corrected chi connectivity index (χ2v) is 9.95. The zero-order chi connectivity index (χ0) is 22.5. The van der Waals surface area contributed by atoms with Crippen LogP contribution >= 0.6 is 0 Å². The molecule has 1 rings (SSSR count). The summed E-state index contributed by atoms with van der Waals surface area (Å²) in [5, 5.41) is 0. The summed E-state index contributed by atoms with van der Waals surface area (Å²) < 4.78 is 1.20. The molecule has 0 radical (unpaired) electrons. The summed E-state index contributed by atoms with van der Waals surface area (Å²) in [7, 11) is 0. The molecule has 0 heterocycles. The lowest BCUT2D eigenvalue weighted by molar-refractivity contribution is -0.00000686. The Labute approximate surface area is 208 Å². The molecule has 0 aliphatic heterocycles. The van der Waals surface area contributed by atoms with Gasteiger partial charge in [0.1, 0.15) is 5.69 Å². The highest BCUT2D eigenvalue weighted by molar-refractivity contribution is 5.42. The molecular weight excluding hydrogens is 410 g/mol. The Morgan fingerprint density at radius 3 is 1.19 bits per heavy atom. The number of quaternary nitrogens is 1. The monoisotopic (exact) mass is 465 g/mol. The zero-order valence-corrected chi connectivity index (χ0v) is 22.8. The number of hydrogen-bond donors (Lipinski definition) is 0. The molecule has 0 aliphatic rings. The van der Waals surface area contributed by atoms with Crippen LogP contribution in [0.15, 0.2) is 30.3 Å². The zero-order valence-electron chi connectivity index (χ0n) is 22.1. The summed E-state index contributed by atoms with van der Waals surface area (Å²) in [5.41, 5.74) is 1.53. The van der Waals surface area contributed by atoms with Crippen LogP contribution in [0.25, 0.3) is 0 Å². The van der Waals surface area contributed by atoms with Gasteiger partial charge in [-0.1, -0.05) is 129 Å². The van der Waals surface area contributed by atoms with E-state index in [0.717, 1.165) is 0 Å². The molecule has 0 spiro atoms. The van der Waals surface area contributed by atoms with Crippen LogP contribution in [0, 0.1) is 0 Å². The summed E-state index contributed by atoms with van der Waals surface area (Å²) in [4.78, 5) is 0. The molecule has 1 aromatic carbocycles. The summed E-state index contributed by atoms with van der Waals surface area (Å²) in [5.74, 6) is 0. The van der Waals surface area contributed by atoms with Crippen molar-refractivity contribution in [1.29, 1.82) is 0 Å². The van der Waals surface area contributed by atoms with E-state index in [2.05, 4.69) is 51.1 Å². The maximum absolute atomic E-state index is 2.36. The smallest absolute Gasteiger partial charge is 0.132 e. The summed E-state index contributed by atoms with van der Waals surface area (Å²) in [6.07, 6.45) is 25.7. The molecule has 0 atom stereocenters. The minimum atomic E-state index is 0.